The second kappa shape index (κ2) is 5.14. The van der Waals surface area contributed by atoms with Gasteiger partial charge in [0.05, 0.1) is 22.8 Å². The predicted octanol–water partition coefficient (Wildman–Crippen LogP) is 1.37. The molecule has 0 saturated heterocycles. The Morgan fingerprint density at radius 1 is 1.39 bits per heavy atom. The summed E-state index contributed by atoms with van der Waals surface area (Å²) in [4.78, 5) is 15.5. The number of carbonyl (C=O) groups is 1. The predicted molar refractivity (Wildman–Crippen MR) is 67.1 cm³/mol. The molecule has 0 aliphatic rings. The van der Waals surface area contributed by atoms with E-state index >= 15 is 0 Å². The Balaban J connectivity index is 2.32. The van der Waals surface area contributed by atoms with Crippen LogP contribution in [0.15, 0.2) is 12.1 Å². The lowest BCUT2D eigenvalue weighted by Crippen LogP contribution is -2.11. The highest BCUT2D eigenvalue weighted by Crippen LogP contribution is 2.23. The van der Waals surface area contributed by atoms with E-state index in [1.165, 1.54) is 0 Å². The van der Waals surface area contributed by atoms with Crippen LogP contribution < -0.4 is 5.73 Å². The molecule has 0 aliphatic heterocycles. The van der Waals surface area contributed by atoms with E-state index in [0.29, 0.717) is 34.2 Å². The molecule has 0 aliphatic carbocycles. The summed E-state index contributed by atoms with van der Waals surface area (Å²) < 4.78 is 4.81. The van der Waals surface area contributed by atoms with E-state index in [1.807, 2.05) is 0 Å². The molecule has 2 rings (SSSR count). The van der Waals surface area contributed by atoms with Crippen LogP contribution in [0.5, 0.6) is 0 Å². The monoisotopic (exact) mass is 266 g/mol. The first kappa shape index (κ1) is 12.5. The minimum absolute atomic E-state index is 0.0146. The Kier molecular flexibility index (Phi) is 3.57. The fourth-order valence-corrected chi connectivity index (χ4v) is 1.58. The summed E-state index contributed by atoms with van der Waals surface area (Å²) in [5.41, 5.74) is 7.16. The number of aromatic nitrogens is 3. The van der Waals surface area contributed by atoms with Crippen LogP contribution in [0.25, 0.3) is 11.0 Å². The maximum atomic E-state index is 11.3. The number of esters is 1. The summed E-state index contributed by atoms with van der Waals surface area (Å²) in [5, 5.41) is 8.17. The molecule has 1 heterocycles. The van der Waals surface area contributed by atoms with Gasteiger partial charge in [-0.25, -0.2) is 4.98 Å². The topological polar surface area (TPSA) is 91.0 Å². The van der Waals surface area contributed by atoms with Crippen LogP contribution in [0.2, 0.25) is 5.02 Å². The van der Waals surface area contributed by atoms with Crippen LogP contribution in [-0.4, -0.2) is 27.8 Å². The third kappa shape index (κ3) is 2.65. The number of hydrogen-bond acceptors (Lipinski definition) is 6. The largest absolute Gasteiger partial charge is 0.466 e. The van der Waals surface area contributed by atoms with Crippen molar-refractivity contribution in [1.29, 1.82) is 0 Å². The number of anilines is 1. The molecule has 2 aromatic rings. The number of rotatable bonds is 3. The van der Waals surface area contributed by atoms with Gasteiger partial charge < -0.3 is 10.5 Å². The highest BCUT2D eigenvalue weighted by molar-refractivity contribution is 6.33. The highest BCUT2D eigenvalue weighted by atomic mass is 35.5. The number of hydrogen-bond donors (Lipinski definition) is 1. The Hall–Kier alpha value is -1.95. The van der Waals surface area contributed by atoms with Gasteiger partial charge in [0.1, 0.15) is 11.9 Å². The average molecular weight is 267 g/mol. The molecule has 6 nitrogen and oxygen atoms in total. The van der Waals surface area contributed by atoms with Crippen molar-refractivity contribution in [2.24, 2.45) is 0 Å². The quantitative estimate of drug-likeness (QED) is 0.666. The summed E-state index contributed by atoms with van der Waals surface area (Å²) in [6, 6.07) is 3.18. The molecule has 0 spiro atoms. The standard InChI is InChI=1S/C11H11ClN4O2/c1-2-18-11(17)5-10-14-8-4-7(13)6(12)3-9(8)15-16-10/h3-4H,2,5,13H2,1H3. The SMILES string of the molecule is CCOC(=O)Cc1nnc2cc(Cl)c(N)cc2n1. The number of nitrogens with zero attached hydrogens (tertiary/aromatic N) is 3. The molecule has 0 fully saturated rings. The molecule has 0 saturated carbocycles. The van der Waals surface area contributed by atoms with Gasteiger partial charge in [0.25, 0.3) is 0 Å². The second-order valence-electron chi connectivity index (χ2n) is 3.57. The van der Waals surface area contributed by atoms with Crippen molar-refractivity contribution in [2.75, 3.05) is 12.3 Å². The lowest BCUT2D eigenvalue weighted by molar-refractivity contribution is -0.142. The maximum Gasteiger partial charge on any atom is 0.313 e. The summed E-state index contributed by atoms with van der Waals surface area (Å²) in [6.07, 6.45) is -0.0146. The fraction of sp³-hybridized carbons (Fsp3) is 0.273. The van der Waals surface area contributed by atoms with Gasteiger partial charge in [-0.05, 0) is 19.1 Å². The van der Waals surface area contributed by atoms with Gasteiger partial charge in [0.2, 0.25) is 0 Å². The van der Waals surface area contributed by atoms with Crippen molar-refractivity contribution in [1.82, 2.24) is 15.2 Å². The van der Waals surface area contributed by atoms with Crippen LogP contribution in [-0.2, 0) is 16.0 Å². The maximum absolute atomic E-state index is 11.3. The van der Waals surface area contributed by atoms with Crippen LogP contribution in [0.1, 0.15) is 12.7 Å². The van der Waals surface area contributed by atoms with Crippen molar-refractivity contribution < 1.29 is 9.53 Å². The zero-order valence-electron chi connectivity index (χ0n) is 9.68. The van der Waals surface area contributed by atoms with E-state index in [0.717, 1.165) is 0 Å². The fourth-order valence-electron chi connectivity index (χ4n) is 1.43. The number of carbonyl (C=O) groups excluding carboxylic acids is 1. The number of benzene rings is 1. The zero-order valence-corrected chi connectivity index (χ0v) is 10.4. The van der Waals surface area contributed by atoms with E-state index in [2.05, 4.69) is 15.2 Å². The summed E-state index contributed by atoms with van der Waals surface area (Å²) in [7, 11) is 0. The third-order valence-electron chi connectivity index (χ3n) is 2.22. The van der Waals surface area contributed by atoms with Crippen LogP contribution >= 0.6 is 11.6 Å². The number of fused-ring (bicyclic) bond motifs is 1. The number of nitrogen functional groups attached to an aromatic ring is 1. The van der Waals surface area contributed by atoms with Gasteiger partial charge in [-0.15, -0.1) is 10.2 Å². The van der Waals surface area contributed by atoms with Gasteiger partial charge in [0, 0.05) is 0 Å². The molecule has 18 heavy (non-hydrogen) atoms. The molecule has 94 valence electrons. The number of nitrogens with two attached hydrogens (primary N) is 1. The molecule has 1 aromatic heterocycles. The Morgan fingerprint density at radius 2 is 2.17 bits per heavy atom. The molecule has 0 atom stereocenters. The van der Waals surface area contributed by atoms with Crippen molar-refractivity contribution >= 4 is 34.3 Å². The lowest BCUT2D eigenvalue weighted by Gasteiger charge is -2.03. The third-order valence-corrected chi connectivity index (χ3v) is 2.55. The normalized spacial score (nSPS) is 10.6. The van der Waals surface area contributed by atoms with E-state index < -0.39 is 0 Å². The number of ether oxygens (including phenoxy) is 1. The molecule has 0 unspecified atom stereocenters. The summed E-state index contributed by atoms with van der Waals surface area (Å²) in [6.45, 7) is 2.06. The van der Waals surface area contributed by atoms with Crippen molar-refractivity contribution in [3.63, 3.8) is 0 Å². The molecular weight excluding hydrogens is 256 g/mol. The molecule has 1 aromatic carbocycles. The molecule has 2 N–H and O–H groups in total. The van der Waals surface area contributed by atoms with Gasteiger partial charge in [0.15, 0.2) is 5.82 Å². The average Bonchev–Trinajstić information content (AvgIpc) is 2.31. The smallest absolute Gasteiger partial charge is 0.313 e. The first-order valence-corrected chi connectivity index (χ1v) is 5.72. The molecule has 0 bridgehead atoms. The Labute approximate surface area is 108 Å². The van der Waals surface area contributed by atoms with E-state index in [9.17, 15) is 4.79 Å². The molecule has 7 heteroatoms. The first-order valence-electron chi connectivity index (χ1n) is 5.34. The van der Waals surface area contributed by atoms with Gasteiger partial charge in [-0.2, -0.15) is 0 Å². The molecular formula is C11H11ClN4O2. The Bertz CT molecular complexity index is 603. The van der Waals surface area contributed by atoms with Crippen molar-refractivity contribution in [2.45, 2.75) is 13.3 Å². The minimum Gasteiger partial charge on any atom is -0.466 e. The first-order chi connectivity index (χ1) is 8.60. The minimum atomic E-state index is -0.388. The Morgan fingerprint density at radius 3 is 2.89 bits per heavy atom. The van der Waals surface area contributed by atoms with Crippen LogP contribution in [0.3, 0.4) is 0 Å². The number of halogens is 1. The van der Waals surface area contributed by atoms with Crippen molar-refractivity contribution in [3.8, 4) is 0 Å². The van der Waals surface area contributed by atoms with Crippen LogP contribution in [0.4, 0.5) is 5.69 Å². The van der Waals surface area contributed by atoms with E-state index in [-0.39, 0.29) is 12.4 Å². The lowest BCUT2D eigenvalue weighted by atomic mass is 10.2. The van der Waals surface area contributed by atoms with Crippen molar-refractivity contribution in [3.05, 3.63) is 23.0 Å². The molecule has 0 amide bonds. The second-order valence-corrected chi connectivity index (χ2v) is 3.98. The summed E-state index contributed by atoms with van der Waals surface area (Å²) in [5.74, 6) is -0.0942. The van der Waals surface area contributed by atoms with E-state index in [4.69, 9.17) is 22.1 Å². The summed E-state index contributed by atoms with van der Waals surface area (Å²) >= 11 is 5.86. The van der Waals surface area contributed by atoms with Crippen LogP contribution in [0, 0.1) is 0 Å². The molecule has 0 radical (unpaired) electrons. The van der Waals surface area contributed by atoms with Gasteiger partial charge in [-0.3, -0.25) is 4.79 Å². The van der Waals surface area contributed by atoms with E-state index in [1.54, 1.807) is 19.1 Å². The van der Waals surface area contributed by atoms with Gasteiger partial charge >= 0.3 is 5.97 Å². The zero-order chi connectivity index (χ0) is 13.1. The highest BCUT2D eigenvalue weighted by Gasteiger charge is 2.09. The van der Waals surface area contributed by atoms with Gasteiger partial charge in [-0.1, -0.05) is 11.6 Å².